The highest BCUT2D eigenvalue weighted by atomic mass is 35.5. The molecule has 96 valence electrons. The molecule has 0 heterocycles. The second kappa shape index (κ2) is 7.57. The van der Waals surface area contributed by atoms with Crippen molar-refractivity contribution in [1.82, 2.24) is 5.32 Å². The molecule has 1 aromatic carbocycles. The van der Waals surface area contributed by atoms with Crippen LogP contribution in [-0.4, -0.2) is 19.2 Å². The Labute approximate surface area is 109 Å². The molecule has 0 fully saturated rings. The molecule has 1 N–H and O–H groups in total. The lowest BCUT2D eigenvalue weighted by Crippen LogP contribution is -2.29. The minimum Gasteiger partial charge on any atom is -0.492 e. The van der Waals surface area contributed by atoms with E-state index in [1.54, 1.807) is 0 Å². The van der Waals surface area contributed by atoms with Gasteiger partial charge in [0.2, 0.25) is 0 Å². The van der Waals surface area contributed by atoms with E-state index >= 15 is 0 Å². The van der Waals surface area contributed by atoms with Crippen molar-refractivity contribution in [3.05, 3.63) is 28.8 Å². The van der Waals surface area contributed by atoms with Gasteiger partial charge in [-0.15, -0.1) is 0 Å². The van der Waals surface area contributed by atoms with Crippen molar-refractivity contribution in [2.45, 2.75) is 39.7 Å². The number of benzene rings is 1. The Kier molecular flexibility index (Phi) is 6.38. The number of hydrogen-bond donors (Lipinski definition) is 1. The molecule has 0 spiro atoms. The van der Waals surface area contributed by atoms with Gasteiger partial charge in [0.15, 0.2) is 0 Å². The van der Waals surface area contributed by atoms with Gasteiger partial charge in [-0.05, 0) is 43.5 Å². The molecule has 0 aliphatic rings. The van der Waals surface area contributed by atoms with Crippen LogP contribution in [-0.2, 0) is 6.42 Å². The maximum absolute atomic E-state index is 6.05. The Morgan fingerprint density at radius 2 is 2.12 bits per heavy atom. The molecule has 0 bridgehead atoms. The van der Waals surface area contributed by atoms with Crippen molar-refractivity contribution in [3.63, 3.8) is 0 Å². The summed E-state index contributed by atoms with van der Waals surface area (Å²) in [5.74, 6) is 0.900. The Hall–Kier alpha value is -0.730. The van der Waals surface area contributed by atoms with Gasteiger partial charge in [-0.1, -0.05) is 25.4 Å². The third-order valence-electron chi connectivity index (χ3n) is 2.87. The van der Waals surface area contributed by atoms with Crippen LogP contribution in [0.3, 0.4) is 0 Å². The minimum absolute atomic E-state index is 0.551. The van der Waals surface area contributed by atoms with Crippen LogP contribution in [0.1, 0.15) is 32.8 Å². The van der Waals surface area contributed by atoms with Gasteiger partial charge in [-0.2, -0.15) is 0 Å². The molecular formula is C14H22ClNO. The summed E-state index contributed by atoms with van der Waals surface area (Å²) in [6.45, 7) is 8.01. The fourth-order valence-corrected chi connectivity index (χ4v) is 1.78. The third-order valence-corrected chi connectivity index (χ3v) is 3.24. The molecule has 2 nitrogen and oxygen atoms in total. The minimum atomic E-state index is 0.551. The van der Waals surface area contributed by atoms with E-state index in [1.807, 2.05) is 18.2 Å². The first-order valence-electron chi connectivity index (χ1n) is 6.32. The summed E-state index contributed by atoms with van der Waals surface area (Å²) in [4.78, 5) is 0. The highest BCUT2D eigenvalue weighted by Gasteiger charge is 2.01. The number of halogens is 1. The third kappa shape index (κ3) is 4.97. The van der Waals surface area contributed by atoms with Crippen LogP contribution >= 0.6 is 11.6 Å². The van der Waals surface area contributed by atoms with Crippen molar-refractivity contribution < 1.29 is 4.74 Å². The smallest absolute Gasteiger partial charge is 0.119 e. The number of aryl methyl sites for hydroxylation is 1. The van der Waals surface area contributed by atoms with Crippen LogP contribution in [0, 0.1) is 0 Å². The molecule has 1 rings (SSSR count). The molecule has 17 heavy (non-hydrogen) atoms. The predicted octanol–water partition coefficient (Wildman–Crippen LogP) is 3.67. The van der Waals surface area contributed by atoms with E-state index in [0.717, 1.165) is 35.7 Å². The molecule has 0 aromatic heterocycles. The first kappa shape index (κ1) is 14.3. The Bertz CT molecular complexity index is 341. The number of ether oxygens (including phenoxy) is 1. The van der Waals surface area contributed by atoms with Crippen LogP contribution in [0.2, 0.25) is 5.02 Å². The van der Waals surface area contributed by atoms with Gasteiger partial charge in [-0.3, -0.25) is 0 Å². The average molecular weight is 256 g/mol. The highest BCUT2D eigenvalue weighted by Crippen LogP contribution is 2.22. The molecule has 3 heteroatoms. The molecular weight excluding hydrogens is 234 g/mol. The normalized spacial score (nSPS) is 12.5. The zero-order valence-electron chi connectivity index (χ0n) is 10.9. The molecule has 0 aliphatic heterocycles. The summed E-state index contributed by atoms with van der Waals surface area (Å²) in [7, 11) is 0. The molecule has 0 radical (unpaired) electrons. The van der Waals surface area contributed by atoms with E-state index in [2.05, 4.69) is 26.1 Å². The quantitative estimate of drug-likeness (QED) is 0.751. The van der Waals surface area contributed by atoms with Crippen LogP contribution in [0.4, 0.5) is 0 Å². The van der Waals surface area contributed by atoms with Crippen molar-refractivity contribution in [2.75, 3.05) is 13.2 Å². The van der Waals surface area contributed by atoms with Gasteiger partial charge in [-0.25, -0.2) is 0 Å². The standard InChI is InChI=1S/C14H22ClNO/c1-4-11(3)16-8-9-17-13-6-7-14(15)12(5-2)10-13/h6-7,10-11,16H,4-5,8-9H2,1-3H3/t11-/m1/s1. The number of rotatable bonds is 7. The first-order valence-corrected chi connectivity index (χ1v) is 6.69. The molecule has 0 aliphatic carbocycles. The summed E-state index contributed by atoms with van der Waals surface area (Å²) in [6, 6.07) is 6.39. The molecule has 0 amide bonds. The van der Waals surface area contributed by atoms with Crippen LogP contribution in [0.15, 0.2) is 18.2 Å². The SMILES string of the molecule is CCc1cc(OCCN[C@H](C)CC)ccc1Cl. The summed E-state index contributed by atoms with van der Waals surface area (Å²) >= 11 is 6.05. The summed E-state index contributed by atoms with van der Waals surface area (Å²) in [5.41, 5.74) is 1.14. The van der Waals surface area contributed by atoms with Crippen molar-refractivity contribution in [2.24, 2.45) is 0 Å². The van der Waals surface area contributed by atoms with E-state index in [0.29, 0.717) is 12.6 Å². The highest BCUT2D eigenvalue weighted by molar-refractivity contribution is 6.31. The van der Waals surface area contributed by atoms with E-state index < -0.39 is 0 Å². The molecule has 0 saturated carbocycles. The first-order chi connectivity index (χ1) is 8.17. The zero-order valence-corrected chi connectivity index (χ0v) is 11.7. The second-order valence-corrected chi connectivity index (χ2v) is 4.63. The average Bonchev–Trinajstić information content (AvgIpc) is 2.36. The Morgan fingerprint density at radius 3 is 2.76 bits per heavy atom. The van der Waals surface area contributed by atoms with E-state index in [9.17, 15) is 0 Å². The lowest BCUT2D eigenvalue weighted by atomic mass is 10.1. The Balaban J connectivity index is 2.36. The van der Waals surface area contributed by atoms with Gasteiger partial charge in [0.25, 0.3) is 0 Å². The number of hydrogen-bond acceptors (Lipinski definition) is 2. The van der Waals surface area contributed by atoms with Crippen LogP contribution in [0.5, 0.6) is 5.75 Å². The van der Waals surface area contributed by atoms with E-state index in [4.69, 9.17) is 16.3 Å². The predicted molar refractivity (Wildman–Crippen MR) is 74.1 cm³/mol. The lowest BCUT2D eigenvalue weighted by Gasteiger charge is -2.12. The maximum Gasteiger partial charge on any atom is 0.119 e. The molecule has 0 unspecified atom stereocenters. The monoisotopic (exact) mass is 255 g/mol. The molecule has 0 saturated heterocycles. The summed E-state index contributed by atoms with van der Waals surface area (Å²) in [6.07, 6.45) is 2.07. The summed E-state index contributed by atoms with van der Waals surface area (Å²) in [5, 5.41) is 4.21. The largest absolute Gasteiger partial charge is 0.492 e. The number of nitrogens with one attached hydrogen (secondary N) is 1. The van der Waals surface area contributed by atoms with Crippen molar-refractivity contribution in [1.29, 1.82) is 0 Å². The second-order valence-electron chi connectivity index (χ2n) is 4.22. The van der Waals surface area contributed by atoms with E-state index in [-0.39, 0.29) is 0 Å². The summed E-state index contributed by atoms with van der Waals surface area (Å²) < 4.78 is 5.68. The molecule has 1 aromatic rings. The van der Waals surface area contributed by atoms with Gasteiger partial charge in [0.1, 0.15) is 12.4 Å². The Morgan fingerprint density at radius 1 is 1.35 bits per heavy atom. The van der Waals surface area contributed by atoms with Crippen LogP contribution < -0.4 is 10.1 Å². The fraction of sp³-hybridized carbons (Fsp3) is 0.571. The maximum atomic E-state index is 6.05. The zero-order chi connectivity index (χ0) is 12.7. The van der Waals surface area contributed by atoms with Crippen molar-refractivity contribution >= 4 is 11.6 Å². The fourth-order valence-electron chi connectivity index (χ4n) is 1.53. The topological polar surface area (TPSA) is 21.3 Å². The van der Waals surface area contributed by atoms with Gasteiger partial charge in [0, 0.05) is 17.6 Å². The lowest BCUT2D eigenvalue weighted by molar-refractivity contribution is 0.306. The molecule has 1 atom stereocenters. The van der Waals surface area contributed by atoms with Gasteiger partial charge >= 0.3 is 0 Å². The van der Waals surface area contributed by atoms with E-state index in [1.165, 1.54) is 0 Å². The van der Waals surface area contributed by atoms with Gasteiger partial charge < -0.3 is 10.1 Å². The van der Waals surface area contributed by atoms with Crippen LogP contribution in [0.25, 0.3) is 0 Å². The van der Waals surface area contributed by atoms with Crippen molar-refractivity contribution in [3.8, 4) is 5.75 Å². The van der Waals surface area contributed by atoms with Gasteiger partial charge in [0.05, 0.1) is 0 Å².